The normalized spacial score (nSPS) is 11.1. The molecule has 2 heterocycles. The van der Waals surface area contributed by atoms with Gasteiger partial charge < -0.3 is 9.30 Å². The number of aromatic nitrogens is 3. The van der Waals surface area contributed by atoms with Crippen molar-refractivity contribution in [3.63, 3.8) is 0 Å². The molecule has 136 valence electrons. The second kappa shape index (κ2) is 7.22. The molecular formula is C21H17Cl2N3O. The Morgan fingerprint density at radius 1 is 1.00 bits per heavy atom. The average Bonchev–Trinajstić information content (AvgIpc) is 2.99. The fourth-order valence-corrected chi connectivity index (χ4v) is 3.65. The van der Waals surface area contributed by atoms with Gasteiger partial charge in [-0.1, -0.05) is 35.3 Å². The zero-order chi connectivity index (χ0) is 19.0. The highest BCUT2D eigenvalue weighted by atomic mass is 35.5. The molecule has 4 nitrogen and oxygen atoms in total. The Balaban J connectivity index is 1.80. The van der Waals surface area contributed by atoms with Crippen LogP contribution < -0.4 is 4.74 Å². The fraction of sp³-hybridized carbons (Fsp3) is 0.143. The fourth-order valence-electron chi connectivity index (χ4n) is 3.14. The molecular weight excluding hydrogens is 381 g/mol. The quantitative estimate of drug-likeness (QED) is 0.438. The zero-order valence-corrected chi connectivity index (χ0v) is 16.4. The highest BCUT2D eigenvalue weighted by molar-refractivity contribution is 6.36. The van der Waals surface area contributed by atoms with Crippen LogP contribution >= 0.6 is 23.2 Å². The van der Waals surface area contributed by atoms with Crippen LogP contribution in [0, 0.1) is 6.92 Å². The van der Waals surface area contributed by atoms with E-state index in [1.807, 2.05) is 49.4 Å². The number of hydrogen-bond acceptors (Lipinski definition) is 3. The number of nitrogens with zero attached hydrogens (tertiary/aromatic N) is 3. The Labute approximate surface area is 167 Å². The lowest BCUT2D eigenvalue weighted by Gasteiger charge is -2.11. The maximum absolute atomic E-state index is 6.37. The van der Waals surface area contributed by atoms with Gasteiger partial charge in [0.05, 0.1) is 24.7 Å². The van der Waals surface area contributed by atoms with Crippen LogP contribution in [0.1, 0.15) is 11.4 Å². The Morgan fingerprint density at radius 3 is 2.41 bits per heavy atom. The third-order valence-corrected chi connectivity index (χ3v) is 5.30. The SMILES string of the molecule is COc1ccc(-c2ccc3nc(C)n(Cc4c(Cl)cccc4Cl)c3c2)cn1. The van der Waals surface area contributed by atoms with Crippen LogP contribution in [0.3, 0.4) is 0 Å². The van der Waals surface area contributed by atoms with Crippen molar-refractivity contribution in [3.8, 4) is 17.0 Å². The molecule has 2 aromatic carbocycles. The van der Waals surface area contributed by atoms with E-state index in [-0.39, 0.29) is 0 Å². The summed E-state index contributed by atoms with van der Waals surface area (Å²) in [6.45, 7) is 2.55. The van der Waals surface area contributed by atoms with Crippen molar-refractivity contribution in [1.29, 1.82) is 0 Å². The van der Waals surface area contributed by atoms with Gasteiger partial charge in [-0.3, -0.25) is 0 Å². The summed E-state index contributed by atoms with van der Waals surface area (Å²) in [5.41, 5.74) is 4.92. The van der Waals surface area contributed by atoms with Crippen LogP contribution in [0.4, 0.5) is 0 Å². The molecule has 0 N–H and O–H groups in total. The van der Waals surface area contributed by atoms with Gasteiger partial charge in [0.1, 0.15) is 5.82 Å². The lowest BCUT2D eigenvalue weighted by molar-refractivity contribution is 0.398. The van der Waals surface area contributed by atoms with Crippen molar-refractivity contribution < 1.29 is 4.74 Å². The molecule has 4 rings (SSSR count). The van der Waals surface area contributed by atoms with E-state index in [1.54, 1.807) is 13.3 Å². The molecule has 0 saturated heterocycles. The Kier molecular flexibility index (Phi) is 4.77. The van der Waals surface area contributed by atoms with E-state index in [0.717, 1.165) is 33.5 Å². The summed E-state index contributed by atoms with van der Waals surface area (Å²) >= 11 is 12.7. The van der Waals surface area contributed by atoms with Gasteiger partial charge in [0.25, 0.3) is 0 Å². The lowest BCUT2D eigenvalue weighted by Crippen LogP contribution is -2.03. The highest BCUT2D eigenvalue weighted by Gasteiger charge is 2.13. The average molecular weight is 398 g/mol. The number of ether oxygens (including phenoxy) is 1. The number of methoxy groups -OCH3 is 1. The number of pyridine rings is 1. The van der Waals surface area contributed by atoms with Crippen LogP contribution in [0.5, 0.6) is 5.88 Å². The molecule has 4 aromatic rings. The Morgan fingerprint density at radius 2 is 1.74 bits per heavy atom. The number of halogens is 2. The molecule has 0 aliphatic carbocycles. The maximum Gasteiger partial charge on any atom is 0.212 e. The first-order chi connectivity index (χ1) is 13.1. The van der Waals surface area contributed by atoms with Gasteiger partial charge in [-0.25, -0.2) is 9.97 Å². The molecule has 0 amide bonds. The van der Waals surface area contributed by atoms with Gasteiger partial charge in [-0.15, -0.1) is 0 Å². The Bertz CT molecular complexity index is 1100. The van der Waals surface area contributed by atoms with E-state index in [9.17, 15) is 0 Å². The number of aryl methyl sites for hydroxylation is 1. The zero-order valence-electron chi connectivity index (χ0n) is 14.9. The van der Waals surface area contributed by atoms with Crippen molar-refractivity contribution in [1.82, 2.24) is 14.5 Å². The third-order valence-electron chi connectivity index (χ3n) is 4.60. The third kappa shape index (κ3) is 3.38. The van der Waals surface area contributed by atoms with E-state index in [2.05, 4.69) is 20.6 Å². The summed E-state index contributed by atoms with van der Waals surface area (Å²) in [5, 5.41) is 1.30. The van der Waals surface area contributed by atoms with Crippen LogP contribution in [0.25, 0.3) is 22.2 Å². The van der Waals surface area contributed by atoms with Gasteiger partial charge in [-0.2, -0.15) is 0 Å². The van der Waals surface area contributed by atoms with E-state index in [0.29, 0.717) is 22.5 Å². The maximum atomic E-state index is 6.37. The van der Waals surface area contributed by atoms with E-state index in [1.165, 1.54) is 0 Å². The number of imidazole rings is 1. The smallest absolute Gasteiger partial charge is 0.212 e. The molecule has 0 saturated carbocycles. The van der Waals surface area contributed by atoms with Crippen molar-refractivity contribution in [3.05, 3.63) is 76.2 Å². The van der Waals surface area contributed by atoms with Crippen LogP contribution in [0.15, 0.2) is 54.7 Å². The molecule has 0 aliphatic rings. The topological polar surface area (TPSA) is 39.9 Å². The molecule has 27 heavy (non-hydrogen) atoms. The van der Waals surface area contributed by atoms with Crippen molar-refractivity contribution in [2.75, 3.05) is 7.11 Å². The largest absolute Gasteiger partial charge is 0.481 e. The van der Waals surface area contributed by atoms with Gasteiger partial charge in [-0.05, 0) is 42.8 Å². The summed E-state index contributed by atoms with van der Waals surface area (Å²) in [4.78, 5) is 8.96. The lowest BCUT2D eigenvalue weighted by atomic mass is 10.1. The molecule has 6 heteroatoms. The van der Waals surface area contributed by atoms with Crippen LogP contribution in [-0.4, -0.2) is 21.6 Å². The monoisotopic (exact) mass is 397 g/mol. The minimum Gasteiger partial charge on any atom is -0.481 e. The predicted molar refractivity (Wildman–Crippen MR) is 110 cm³/mol. The molecule has 2 aromatic heterocycles. The molecule has 0 spiro atoms. The summed E-state index contributed by atoms with van der Waals surface area (Å²) < 4.78 is 7.26. The first-order valence-corrected chi connectivity index (χ1v) is 9.22. The molecule has 0 unspecified atom stereocenters. The van der Waals surface area contributed by atoms with Crippen molar-refractivity contribution >= 4 is 34.2 Å². The molecule has 0 aliphatic heterocycles. The van der Waals surface area contributed by atoms with Gasteiger partial charge >= 0.3 is 0 Å². The number of benzene rings is 2. The van der Waals surface area contributed by atoms with E-state index >= 15 is 0 Å². The summed E-state index contributed by atoms with van der Waals surface area (Å²) in [6, 6.07) is 15.6. The second-order valence-corrected chi connectivity index (χ2v) is 7.05. The predicted octanol–water partition coefficient (Wildman–Crippen LogP) is 5.77. The Hall–Kier alpha value is -2.56. The standard InChI is InChI=1S/C21H17Cl2N3O/c1-13-25-19-8-6-14(15-7-9-21(27-2)24-11-15)10-20(19)26(13)12-16-17(22)4-3-5-18(16)23/h3-11H,12H2,1-2H3. The number of hydrogen-bond donors (Lipinski definition) is 0. The number of rotatable bonds is 4. The summed E-state index contributed by atoms with van der Waals surface area (Å²) in [7, 11) is 1.61. The molecule has 0 atom stereocenters. The second-order valence-electron chi connectivity index (χ2n) is 6.24. The molecule has 0 radical (unpaired) electrons. The van der Waals surface area contributed by atoms with E-state index in [4.69, 9.17) is 27.9 Å². The molecule has 0 bridgehead atoms. The number of fused-ring (bicyclic) bond motifs is 1. The van der Waals surface area contributed by atoms with E-state index < -0.39 is 0 Å². The van der Waals surface area contributed by atoms with Crippen molar-refractivity contribution in [2.24, 2.45) is 0 Å². The first-order valence-electron chi connectivity index (χ1n) is 8.47. The summed E-state index contributed by atoms with van der Waals surface area (Å²) in [5.74, 6) is 1.50. The highest BCUT2D eigenvalue weighted by Crippen LogP contribution is 2.29. The van der Waals surface area contributed by atoms with Crippen LogP contribution in [-0.2, 0) is 6.54 Å². The van der Waals surface area contributed by atoms with Crippen LogP contribution in [0.2, 0.25) is 10.0 Å². The van der Waals surface area contributed by atoms with Gasteiger partial charge in [0.15, 0.2) is 0 Å². The summed E-state index contributed by atoms with van der Waals surface area (Å²) in [6.07, 6.45) is 1.80. The van der Waals surface area contributed by atoms with Gasteiger partial charge in [0, 0.05) is 33.4 Å². The minimum atomic E-state index is 0.561. The first kappa shape index (κ1) is 17.8. The molecule has 0 fully saturated rings. The van der Waals surface area contributed by atoms with Gasteiger partial charge in [0.2, 0.25) is 5.88 Å². The van der Waals surface area contributed by atoms with Crippen molar-refractivity contribution in [2.45, 2.75) is 13.5 Å². The minimum absolute atomic E-state index is 0.561.